The van der Waals surface area contributed by atoms with Crippen LogP contribution in [0.25, 0.3) is 0 Å². The summed E-state index contributed by atoms with van der Waals surface area (Å²) in [6.45, 7) is -0.0569. The highest BCUT2D eigenvalue weighted by Gasteiger charge is 2.13. The number of hydrogen-bond donors (Lipinski definition) is 2. The molecular weight excluding hydrogens is 264 g/mol. The van der Waals surface area contributed by atoms with E-state index >= 15 is 0 Å². The molecule has 17 heavy (non-hydrogen) atoms. The number of nitrogens with one attached hydrogen (secondary N) is 1. The Balaban J connectivity index is 0.00000256. The highest BCUT2D eigenvalue weighted by atomic mass is 35.5. The number of nitrogens with two attached hydrogens (primary N) is 1. The van der Waals surface area contributed by atoms with Gasteiger partial charge in [0, 0.05) is 6.54 Å². The highest BCUT2D eigenvalue weighted by Crippen LogP contribution is 2.08. The predicted octanol–water partition coefficient (Wildman–Crippen LogP) is -0.0430. The molecule has 0 saturated carbocycles. The van der Waals surface area contributed by atoms with E-state index in [2.05, 4.69) is 5.32 Å². The van der Waals surface area contributed by atoms with E-state index in [0.717, 1.165) is 0 Å². The molecule has 96 valence electrons. The number of halogens is 1. The third kappa shape index (κ3) is 5.16. The number of benzene rings is 1. The second-order valence-corrected chi connectivity index (χ2v) is 5.30. The minimum absolute atomic E-state index is 0. The van der Waals surface area contributed by atoms with E-state index < -0.39 is 9.84 Å². The fourth-order valence-electron chi connectivity index (χ4n) is 1.14. The Bertz CT molecular complexity index is 448. The van der Waals surface area contributed by atoms with Crippen LogP contribution in [0.5, 0.6) is 0 Å². The van der Waals surface area contributed by atoms with Crippen molar-refractivity contribution in [3.8, 4) is 0 Å². The molecule has 0 aliphatic carbocycles. The fourth-order valence-corrected chi connectivity index (χ4v) is 2.32. The molecule has 0 bridgehead atoms. The Morgan fingerprint density at radius 3 is 2.35 bits per heavy atom. The van der Waals surface area contributed by atoms with Gasteiger partial charge in [0.15, 0.2) is 9.84 Å². The second-order valence-electron chi connectivity index (χ2n) is 3.19. The topological polar surface area (TPSA) is 89.3 Å². The molecule has 1 rings (SSSR count). The third-order valence-corrected chi connectivity index (χ3v) is 3.71. The minimum Gasteiger partial charge on any atom is -0.354 e. The lowest BCUT2D eigenvalue weighted by Gasteiger charge is -2.05. The van der Waals surface area contributed by atoms with Crippen LogP contribution in [0.3, 0.4) is 0 Å². The lowest BCUT2D eigenvalue weighted by atomic mass is 10.4. The first kappa shape index (κ1) is 15.9. The molecule has 0 aliphatic heterocycles. The Morgan fingerprint density at radius 2 is 1.82 bits per heavy atom. The largest absolute Gasteiger partial charge is 0.354 e. The van der Waals surface area contributed by atoms with E-state index in [9.17, 15) is 13.2 Å². The average Bonchev–Trinajstić information content (AvgIpc) is 2.30. The molecule has 0 saturated heterocycles. The summed E-state index contributed by atoms with van der Waals surface area (Å²) in [5.74, 6) is -0.480. The van der Waals surface area contributed by atoms with Gasteiger partial charge < -0.3 is 11.1 Å². The van der Waals surface area contributed by atoms with Crippen LogP contribution in [0.2, 0.25) is 0 Å². The summed E-state index contributed by atoms with van der Waals surface area (Å²) < 4.78 is 23.4. The van der Waals surface area contributed by atoms with Crippen LogP contribution >= 0.6 is 12.4 Å². The van der Waals surface area contributed by atoms with Gasteiger partial charge in [0.05, 0.1) is 17.2 Å². The zero-order valence-corrected chi connectivity index (χ0v) is 10.8. The van der Waals surface area contributed by atoms with E-state index in [1.54, 1.807) is 18.2 Å². The number of carbonyl (C=O) groups is 1. The van der Waals surface area contributed by atoms with Gasteiger partial charge in [-0.1, -0.05) is 18.2 Å². The molecule has 0 aliphatic rings. The molecule has 1 aromatic carbocycles. The maximum atomic E-state index is 11.7. The van der Waals surface area contributed by atoms with Crippen molar-refractivity contribution in [2.24, 2.45) is 5.73 Å². The summed E-state index contributed by atoms with van der Waals surface area (Å²) in [6.07, 6.45) is 0. The maximum absolute atomic E-state index is 11.7. The normalized spacial score (nSPS) is 10.4. The van der Waals surface area contributed by atoms with Crippen LogP contribution in [0, 0.1) is 0 Å². The van der Waals surface area contributed by atoms with Gasteiger partial charge in [-0.15, -0.1) is 12.4 Å². The molecular formula is C10H15ClN2O3S. The monoisotopic (exact) mass is 278 g/mol. The van der Waals surface area contributed by atoms with E-state index in [-0.39, 0.29) is 42.1 Å². The van der Waals surface area contributed by atoms with E-state index in [0.29, 0.717) is 0 Å². The average molecular weight is 279 g/mol. The molecule has 0 aromatic heterocycles. The molecule has 0 unspecified atom stereocenters. The summed E-state index contributed by atoms with van der Waals surface area (Å²) >= 11 is 0. The summed E-state index contributed by atoms with van der Waals surface area (Å²) in [4.78, 5) is 11.1. The molecule has 1 amide bonds. The molecule has 0 radical (unpaired) electrons. The van der Waals surface area contributed by atoms with Gasteiger partial charge >= 0.3 is 0 Å². The first-order chi connectivity index (χ1) is 7.56. The Hall–Kier alpha value is -1.11. The first-order valence-corrected chi connectivity index (χ1v) is 6.46. The number of carbonyl (C=O) groups excluding carboxylic acids is 1. The second kappa shape index (κ2) is 7.26. The molecule has 3 N–H and O–H groups in total. The van der Waals surface area contributed by atoms with Crippen molar-refractivity contribution in [3.63, 3.8) is 0 Å². The van der Waals surface area contributed by atoms with Gasteiger partial charge in [0.25, 0.3) is 0 Å². The van der Waals surface area contributed by atoms with E-state index in [1.807, 2.05) is 0 Å². The van der Waals surface area contributed by atoms with Gasteiger partial charge in [0.1, 0.15) is 0 Å². The van der Waals surface area contributed by atoms with Crippen LogP contribution in [-0.4, -0.2) is 33.2 Å². The molecule has 0 atom stereocenters. The van der Waals surface area contributed by atoms with Crippen LogP contribution in [0.1, 0.15) is 0 Å². The van der Waals surface area contributed by atoms with Crippen molar-refractivity contribution in [2.45, 2.75) is 4.90 Å². The van der Waals surface area contributed by atoms with Crippen molar-refractivity contribution in [3.05, 3.63) is 30.3 Å². The van der Waals surface area contributed by atoms with Gasteiger partial charge in [0.2, 0.25) is 5.91 Å². The first-order valence-electron chi connectivity index (χ1n) is 4.81. The van der Waals surface area contributed by atoms with E-state index in [4.69, 9.17) is 5.73 Å². The number of amides is 1. The van der Waals surface area contributed by atoms with Crippen LogP contribution in [-0.2, 0) is 14.6 Å². The van der Waals surface area contributed by atoms with Gasteiger partial charge in [-0.3, -0.25) is 4.79 Å². The zero-order valence-electron chi connectivity index (χ0n) is 9.13. The lowest BCUT2D eigenvalue weighted by molar-refractivity contribution is -0.119. The molecule has 0 heterocycles. The van der Waals surface area contributed by atoms with Crippen molar-refractivity contribution in [2.75, 3.05) is 18.8 Å². The number of rotatable bonds is 5. The Morgan fingerprint density at radius 1 is 1.24 bits per heavy atom. The molecule has 0 fully saturated rings. The molecule has 7 heteroatoms. The van der Waals surface area contributed by atoms with Crippen molar-refractivity contribution in [1.82, 2.24) is 5.32 Å². The summed E-state index contributed by atoms with van der Waals surface area (Å²) in [5.41, 5.74) is 5.07. The Labute approximate surface area is 107 Å². The standard InChI is InChI=1S/C10H14N2O3S.ClH/c11-8-10(13)12-6-7-16(14,15)9-4-2-1-3-5-9;/h1-5H,6-8,11H2,(H,12,13);1H. The quantitative estimate of drug-likeness (QED) is 0.791. The number of hydrogen-bond acceptors (Lipinski definition) is 4. The van der Waals surface area contributed by atoms with Crippen molar-refractivity contribution in [1.29, 1.82) is 0 Å². The zero-order chi connectivity index (χ0) is 12.0. The smallest absolute Gasteiger partial charge is 0.233 e. The summed E-state index contributed by atoms with van der Waals surface area (Å²) in [7, 11) is -3.32. The summed E-state index contributed by atoms with van der Waals surface area (Å²) in [6, 6.07) is 8.12. The van der Waals surface area contributed by atoms with Gasteiger partial charge in [-0.25, -0.2) is 8.42 Å². The SMILES string of the molecule is Cl.NCC(=O)NCCS(=O)(=O)c1ccccc1. The van der Waals surface area contributed by atoms with Crippen LogP contribution < -0.4 is 11.1 Å². The lowest BCUT2D eigenvalue weighted by Crippen LogP contribution is -2.33. The Kier molecular flexibility index (Phi) is 6.79. The highest BCUT2D eigenvalue weighted by molar-refractivity contribution is 7.91. The van der Waals surface area contributed by atoms with Crippen LogP contribution in [0.4, 0.5) is 0 Å². The van der Waals surface area contributed by atoms with Crippen LogP contribution in [0.15, 0.2) is 35.2 Å². The third-order valence-electron chi connectivity index (χ3n) is 1.98. The van der Waals surface area contributed by atoms with Crippen molar-refractivity contribution >= 4 is 28.2 Å². The van der Waals surface area contributed by atoms with Gasteiger partial charge in [-0.05, 0) is 12.1 Å². The molecule has 5 nitrogen and oxygen atoms in total. The minimum atomic E-state index is -3.32. The van der Waals surface area contributed by atoms with E-state index in [1.165, 1.54) is 12.1 Å². The predicted molar refractivity (Wildman–Crippen MR) is 67.8 cm³/mol. The van der Waals surface area contributed by atoms with Gasteiger partial charge in [-0.2, -0.15) is 0 Å². The maximum Gasteiger partial charge on any atom is 0.233 e. The molecule has 0 spiro atoms. The van der Waals surface area contributed by atoms with Crippen molar-refractivity contribution < 1.29 is 13.2 Å². The number of sulfone groups is 1. The fraction of sp³-hybridized carbons (Fsp3) is 0.300. The summed E-state index contributed by atoms with van der Waals surface area (Å²) in [5, 5.41) is 2.42. The molecule has 1 aromatic rings.